The van der Waals surface area contributed by atoms with Crippen LogP contribution in [-0.2, 0) is 9.59 Å². The number of rotatable bonds is 15. The summed E-state index contributed by atoms with van der Waals surface area (Å²) in [5.74, 6) is -1.74. The summed E-state index contributed by atoms with van der Waals surface area (Å²) in [6.45, 7) is 7.38. The van der Waals surface area contributed by atoms with Crippen LogP contribution in [0.1, 0.15) is 70.6 Å². The molecule has 2 atom stereocenters. The van der Waals surface area contributed by atoms with Crippen molar-refractivity contribution in [1.29, 1.82) is 0 Å². The molecule has 0 saturated heterocycles. The molecule has 1 aliphatic rings. The molecule has 136 valence electrons. The van der Waals surface area contributed by atoms with Crippen molar-refractivity contribution >= 4 is 11.9 Å². The number of carboxylic acids is 2. The van der Waals surface area contributed by atoms with Gasteiger partial charge in [-0.15, -0.1) is 13.2 Å². The van der Waals surface area contributed by atoms with Crippen LogP contribution in [0.4, 0.5) is 0 Å². The van der Waals surface area contributed by atoms with Gasteiger partial charge in [-0.1, -0.05) is 57.1 Å². The lowest BCUT2D eigenvalue weighted by atomic mass is 9.85. The van der Waals surface area contributed by atoms with Gasteiger partial charge in [-0.05, 0) is 31.6 Å². The SMILES string of the molecule is C=CC(CCCCCCCCCC(C=C)C1(C(=O)O)CC1)C(=O)O. The van der Waals surface area contributed by atoms with Gasteiger partial charge in [0, 0.05) is 0 Å². The molecule has 0 aliphatic heterocycles. The molecular weight excluding hydrogens is 304 g/mol. The second kappa shape index (κ2) is 10.3. The van der Waals surface area contributed by atoms with Gasteiger partial charge in [0.25, 0.3) is 0 Å². The average Bonchev–Trinajstić information content (AvgIpc) is 3.34. The number of carbonyl (C=O) groups is 2. The number of aliphatic carboxylic acids is 2. The predicted octanol–water partition coefficient (Wildman–Crippen LogP) is 5.05. The fourth-order valence-electron chi connectivity index (χ4n) is 3.45. The predicted molar refractivity (Wildman–Crippen MR) is 95.9 cm³/mol. The third kappa shape index (κ3) is 6.14. The molecule has 2 N–H and O–H groups in total. The van der Waals surface area contributed by atoms with Crippen LogP contribution in [-0.4, -0.2) is 22.2 Å². The molecule has 0 radical (unpaired) electrons. The molecule has 0 aromatic heterocycles. The number of hydrogen-bond donors (Lipinski definition) is 2. The zero-order valence-electron chi connectivity index (χ0n) is 14.7. The van der Waals surface area contributed by atoms with Crippen LogP contribution in [0.25, 0.3) is 0 Å². The summed E-state index contributed by atoms with van der Waals surface area (Å²) in [4.78, 5) is 22.2. The summed E-state index contributed by atoms with van der Waals surface area (Å²) in [7, 11) is 0. The van der Waals surface area contributed by atoms with Crippen molar-refractivity contribution in [2.45, 2.75) is 70.6 Å². The van der Waals surface area contributed by atoms with Gasteiger partial charge in [-0.25, -0.2) is 0 Å². The zero-order valence-corrected chi connectivity index (χ0v) is 14.7. The van der Waals surface area contributed by atoms with Gasteiger partial charge in [0.2, 0.25) is 0 Å². The second-order valence-corrected chi connectivity index (χ2v) is 7.04. The van der Waals surface area contributed by atoms with Crippen LogP contribution < -0.4 is 0 Å². The standard InChI is InChI=1S/C20H32O4/c1-3-16(18(21)22)12-10-8-6-5-7-9-11-13-17(4-2)20(14-15-20)19(23)24/h3-4,16-17H,1-2,5-15H2,(H,21,22)(H,23,24). The van der Waals surface area contributed by atoms with Crippen LogP contribution >= 0.6 is 0 Å². The molecule has 0 aromatic carbocycles. The van der Waals surface area contributed by atoms with Gasteiger partial charge in [0.1, 0.15) is 0 Å². The molecule has 1 aliphatic carbocycles. The smallest absolute Gasteiger partial charge is 0.310 e. The van der Waals surface area contributed by atoms with Crippen LogP contribution in [0, 0.1) is 17.3 Å². The van der Waals surface area contributed by atoms with Crippen molar-refractivity contribution in [3.8, 4) is 0 Å². The van der Waals surface area contributed by atoms with Crippen molar-refractivity contribution in [3.05, 3.63) is 25.3 Å². The van der Waals surface area contributed by atoms with Crippen molar-refractivity contribution in [2.24, 2.45) is 17.3 Å². The summed E-state index contributed by atoms with van der Waals surface area (Å²) in [6, 6.07) is 0. The Morgan fingerprint density at radius 1 is 0.875 bits per heavy atom. The maximum Gasteiger partial charge on any atom is 0.310 e. The van der Waals surface area contributed by atoms with Gasteiger partial charge in [-0.3, -0.25) is 9.59 Å². The van der Waals surface area contributed by atoms with E-state index < -0.39 is 23.3 Å². The summed E-state index contributed by atoms with van der Waals surface area (Å²) in [5.41, 5.74) is -0.506. The topological polar surface area (TPSA) is 74.6 Å². The third-order valence-corrected chi connectivity index (χ3v) is 5.34. The molecule has 0 heterocycles. The first kappa shape index (κ1) is 20.5. The molecule has 2 unspecified atom stereocenters. The van der Waals surface area contributed by atoms with Gasteiger partial charge >= 0.3 is 11.9 Å². The normalized spacial score (nSPS) is 17.7. The highest BCUT2D eigenvalue weighted by Gasteiger charge is 2.54. The average molecular weight is 336 g/mol. The number of allylic oxidation sites excluding steroid dienone is 1. The lowest BCUT2D eigenvalue weighted by Crippen LogP contribution is -2.23. The van der Waals surface area contributed by atoms with E-state index >= 15 is 0 Å². The van der Waals surface area contributed by atoms with Crippen LogP contribution in [0.2, 0.25) is 0 Å². The van der Waals surface area contributed by atoms with E-state index in [-0.39, 0.29) is 5.92 Å². The summed E-state index contributed by atoms with van der Waals surface area (Å²) >= 11 is 0. The van der Waals surface area contributed by atoms with E-state index in [2.05, 4.69) is 13.2 Å². The molecule has 0 spiro atoms. The molecule has 1 saturated carbocycles. The molecule has 24 heavy (non-hydrogen) atoms. The van der Waals surface area contributed by atoms with Gasteiger partial charge < -0.3 is 10.2 Å². The Hall–Kier alpha value is -1.58. The highest BCUT2D eigenvalue weighted by Crippen LogP contribution is 2.54. The minimum absolute atomic E-state index is 0.113. The third-order valence-electron chi connectivity index (χ3n) is 5.34. The van der Waals surface area contributed by atoms with Crippen LogP contribution in [0.15, 0.2) is 25.3 Å². The van der Waals surface area contributed by atoms with Gasteiger partial charge in [0.15, 0.2) is 0 Å². The first-order valence-electron chi connectivity index (χ1n) is 9.19. The summed E-state index contributed by atoms with van der Waals surface area (Å²) in [5, 5.41) is 18.2. The Balaban J connectivity index is 2.02. The number of unbranched alkanes of at least 4 members (excludes halogenated alkanes) is 6. The van der Waals surface area contributed by atoms with Crippen molar-refractivity contribution in [2.75, 3.05) is 0 Å². The zero-order chi connectivity index (χ0) is 18.0. The fourth-order valence-corrected chi connectivity index (χ4v) is 3.45. The quantitative estimate of drug-likeness (QED) is 0.324. The van der Waals surface area contributed by atoms with E-state index in [1.165, 1.54) is 6.08 Å². The van der Waals surface area contributed by atoms with Gasteiger partial charge in [-0.2, -0.15) is 0 Å². The minimum atomic E-state index is -0.781. The van der Waals surface area contributed by atoms with E-state index in [1.807, 2.05) is 6.08 Å². The van der Waals surface area contributed by atoms with E-state index in [1.54, 1.807) is 0 Å². The Morgan fingerprint density at radius 3 is 1.75 bits per heavy atom. The summed E-state index contributed by atoms with van der Waals surface area (Å²) < 4.78 is 0. The van der Waals surface area contributed by atoms with E-state index in [0.29, 0.717) is 6.42 Å². The Labute approximate surface area is 145 Å². The monoisotopic (exact) mass is 336 g/mol. The van der Waals surface area contributed by atoms with Gasteiger partial charge in [0.05, 0.1) is 11.3 Å². The summed E-state index contributed by atoms with van der Waals surface area (Å²) in [6.07, 6.45) is 14.2. The molecule has 0 bridgehead atoms. The van der Waals surface area contributed by atoms with Crippen molar-refractivity contribution in [3.63, 3.8) is 0 Å². The maximum atomic E-state index is 11.3. The molecule has 4 nitrogen and oxygen atoms in total. The van der Waals surface area contributed by atoms with Crippen molar-refractivity contribution < 1.29 is 19.8 Å². The molecular formula is C20H32O4. The Bertz CT molecular complexity index is 437. The lowest BCUT2D eigenvalue weighted by molar-refractivity contribution is -0.145. The Morgan fingerprint density at radius 2 is 1.38 bits per heavy atom. The molecule has 0 amide bonds. The Kier molecular flexibility index (Phi) is 8.80. The van der Waals surface area contributed by atoms with Crippen molar-refractivity contribution in [1.82, 2.24) is 0 Å². The van der Waals surface area contributed by atoms with E-state index in [4.69, 9.17) is 5.11 Å². The maximum absolute atomic E-state index is 11.3. The second-order valence-electron chi connectivity index (χ2n) is 7.04. The minimum Gasteiger partial charge on any atom is -0.481 e. The molecule has 0 aromatic rings. The van der Waals surface area contributed by atoms with E-state index in [9.17, 15) is 14.7 Å². The molecule has 1 rings (SSSR count). The number of carboxylic acid groups (broad SMARTS) is 2. The largest absolute Gasteiger partial charge is 0.481 e. The fraction of sp³-hybridized carbons (Fsp3) is 0.700. The molecule has 4 heteroatoms. The highest BCUT2D eigenvalue weighted by atomic mass is 16.4. The highest BCUT2D eigenvalue weighted by molar-refractivity contribution is 5.78. The lowest BCUT2D eigenvalue weighted by Gasteiger charge is -2.19. The first-order chi connectivity index (χ1) is 11.5. The number of hydrogen-bond acceptors (Lipinski definition) is 2. The van der Waals surface area contributed by atoms with E-state index in [0.717, 1.165) is 64.2 Å². The van der Waals surface area contributed by atoms with Crippen LogP contribution in [0.5, 0.6) is 0 Å². The first-order valence-corrected chi connectivity index (χ1v) is 9.19. The van der Waals surface area contributed by atoms with Crippen LogP contribution in [0.3, 0.4) is 0 Å². The molecule has 1 fully saturated rings.